The van der Waals surface area contributed by atoms with E-state index in [0.717, 1.165) is 16.5 Å². The maximum Gasteiger partial charge on any atom is 0.292 e. The summed E-state index contributed by atoms with van der Waals surface area (Å²) in [5.41, 5.74) is 2.75. The van der Waals surface area contributed by atoms with E-state index in [4.69, 9.17) is 13.9 Å². The van der Waals surface area contributed by atoms with Gasteiger partial charge in [0.05, 0.1) is 26.1 Å². The molecule has 0 unspecified atom stereocenters. The van der Waals surface area contributed by atoms with Gasteiger partial charge in [-0.25, -0.2) is 4.98 Å². The van der Waals surface area contributed by atoms with E-state index >= 15 is 0 Å². The van der Waals surface area contributed by atoms with Gasteiger partial charge < -0.3 is 19.2 Å². The van der Waals surface area contributed by atoms with Crippen LogP contribution in [0.3, 0.4) is 0 Å². The van der Waals surface area contributed by atoms with Crippen LogP contribution in [0.5, 0.6) is 11.6 Å². The third-order valence-corrected chi connectivity index (χ3v) is 4.37. The number of methoxy groups -OCH3 is 2. The fourth-order valence-corrected chi connectivity index (χ4v) is 3.02. The lowest BCUT2D eigenvalue weighted by atomic mass is 10.0. The van der Waals surface area contributed by atoms with Crippen molar-refractivity contribution in [1.82, 2.24) is 4.98 Å². The number of ether oxygens (including phenoxy) is 2. The Morgan fingerprint density at radius 2 is 1.82 bits per heavy atom. The number of hydrogen-bond donors (Lipinski definition) is 1. The van der Waals surface area contributed by atoms with Crippen LogP contribution in [-0.4, -0.2) is 25.1 Å². The maximum atomic E-state index is 13.0. The topological polar surface area (TPSA) is 73.6 Å². The molecule has 0 aliphatic carbocycles. The molecule has 6 nitrogen and oxygen atoms in total. The highest BCUT2D eigenvalue weighted by molar-refractivity contribution is 6.12. The maximum absolute atomic E-state index is 13.0. The van der Waals surface area contributed by atoms with Crippen molar-refractivity contribution in [1.29, 1.82) is 0 Å². The molecule has 4 rings (SSSR count). The number of pyridine rings is 1. The SMILES string of the molecule is COc1ccc2c(-c3ccccc3)c(C(=O)Nc3ccc(OC)nc3)oc2c1. The minimum absolute atomic E-state index is 0.227. The molecule has 0 saturated carbocycles. The van der Waals surface area contributed by atoms with Crippen LogP contribution in [0.1, 0.15) is 10.6 Å². The lowest BCUT2D eigenvalue weighted by molar-refractivity contribution is 0.0999. The number of benzene rings is 2. The van der Waals surface area contributed by atoms with E-state index in [1.807, 2.05) is 42.5 Å². The average Bonchev–Trinajstić information content (AvgIpc) is 3.13. The number of amides is 1. The van der Waals surface area contributed by atoms with Crippen LogP contribution in [0, 0.1) is 0 Å². The van der Waals surface area contributed by atoms with E-state index in [2.05, 4.69) is 10.3 Å². The van der Waals surface area contributed by atoms with Crippen molar-refractivity contribution >= 4 is 22.6 Å². The van der Waals surface area contributed by atoms with Gasteiger partial charge in [0, 0.05) is 23.1 Å². The summed E-state index contributed by atoms with van der Waals surface area (Å²) in [6, 6.07) is 18.6. The van der Waals surface area contributed by atoms with Crippen molar-refractivity contribution < 1.29 is 18.7 Å². The summed E-state index contributed by atoms with van der Waals surface area (Å²) in [4.78, 5) is 17.1. The Labute approximate surface area is 161 Å². The van der Waals surface area contributed by atoms with Crippen molar-refractivity contribution in [2.75, 3.05) is 19.5 Å². The number of carbonyl (C=O) groups excluding carboxylic acids is 1. The molecule has 0 aliphatic heterocycles. The van der Waals surface area contributed by atoms with Crippen LogP contribution < -0.4 is 14.8 Å². The van der Waals surface area contributed by atoms with Crippen LogP contribution >= 0.6 is 0 Å². The van der Waals surface area contributed by atoms with E-state index in [0.29, 0.717) is 22.9 Å². The summed E-state index contributed by atoms with van der Waals surface area (Å²) in [6.07, 6.45) is 1.53. The predicted molar refractivity (Wildman–Crippen MR) is 107 cm³/mol. The molecule has 6 heteroatoms. The Balaban J connectivity index is 1.79. The standard InChI is InChI=1S/C22H18N2O4/c1-26-16-9-10-17-18(12-16)28-21(20(17)14-6-4-3-5-7-14)22(25)24-15-8-11-19(27-2)23-13-15/h3-13H,1-2H3,(H,24,25). The predicted octanol–water partition coefficient (Wildman–Crippen LogP) is 4.76. The fourth-order valence-electron chi connectivity index (χ4n) is 3.02. The molecule has 0 fully saturated rings. The molecular formula is C22H18N2O4. The lowest BCUT2D eigenvalue weighted by Gasteiger charge is -2.06. The minimum Gasteiger partial charge on any atom is -0.497 e. The van der Waals surface area contributed by atoms with Gasteiger partial charge in [0.2, 0.25) is 11.6 Å². The smallest absolute Gasteiger partial charge is 0.292 e. The van der Waals surface area contributed by atoms with E-state index in [1.54, 1.807) is 25.3 Å². The summed E-state index contributed by atoms with van der Waals surface area (Å²) >= 11 is 0. The van der Waals surface area contributed by atoms with Crippen LogP contribution in [-0.2, 0) is 0 Å². The Bertz CT molecular complexity index is 1120. The number of fused-ring (bicyclic) bond motifs is 1. The molecular weight excluding hydrogens is 356 g/mol. The Morgan fingerprint density at radius 3 is 2.50 bits per heavy atom. The zero-order chi connectivity index (χ0) is 19.5. The van der Waals surface area contributed by atoms with Crippen molar-refractivity contribution in [2.24, 2.45) is 0 Å². The van der Waals surface area contributed by atoms with Gasteiger partial charge in [-0.15, -0.1) is 0 Å². The monoisotopic (exact) mass is 374 g/mol. The summed E-state index contributed by atoms with van der Waals surface area (Å²) in [6.45, 7) is 0. The highest BCUT2D eigenvalue weighted by atomic mass is 16.5. The van der Waals surface area contributed by atoms with Gasteiger partial charge in [-0.3, -0.25) is 4.79 Å². The zero-order valence-electron chi connectivity index (χ0n) is 15.4. The lowest BCUT2D eigenvalue weighted by Crippen LogP contribution is -2.12. The molecule has 0 spiro atoms. The van der Waals surface area contributed by atoms with E-state index in [9.17, 15) is 4.79 Å². The summed E-state index contributed by atoms with van der Waals surface area (Å²) in [5.74, 6) is 0.997. The molecule has 0 bridgehead atoms. The highest BCUT2D eigenvalue weighted by Crippen LogP contribution is 2.36. The summed E-state index contributed by atoms with van der Waals surface area (Å²) in [5, 5.41) is 3.67. The molecule has 0 aliphatic rings. The minimum atomic E-state index is -0.360. The summed E-state index contributed by atoms with van der Waals surface area (Å²) in [7, 11) is 3.13. The van der Waals surface area contributed by atoms with E-state index < -0.39 is 0 Å². The zero-order valence-corrected chi connectivity index (χ0v) is 15.4. The third kappa shape index (κ3) is 3.27. The molecule has 1 N–H and O–H groups in total. The number of hydrogen-bond acceptors (Lipinski definition) is 5. The second kappa shape index (κ2) is 7.44. The number of aromatic nitrogens is 1. The first-order valence-corrected chi connectivity index (χ1v) is 8.67. The van der Waals surface area contributed by atoms with Crippen molar-refractivity contribution in [3.8, 4) is 22.8 Å². The summed E-state index contributed by atoms with van der Waals surface area (Å²) < 4.78 is 16.3. The van der Waals surface area contributed by atoms with Gasteiger partial charge in [0.25, 0.3) is 5.91 Å². The van der Waals surface area contributed by atoms with Crippen molar-refractivity contribution in [3.05, 3.63) is 72.6 Å². The highest BCUT2D eigenvalue weighted by Gasteiger charge is 2.22. The van der Waals surface area contributed by atoms with Gasteiger partial charge in [0.15, 0.2) is 0 Å². The fraction of sp³-hybridized carbons (Fsp3) is 0.0909. The van der Waals surface area contributed by atoms with Crippen LogP contribution in [0.2, 0.25) is 0 Å². The molecule has 28 heavy (non-hydrogen) atoms. The number of furan rings is 1. The number of rotatable bonds is 5. The van der Waals surface area contributed by atoms with Gasteiger partial charge in [-0.2, -0.15) is 0 Å². The van der Waals surface area contributed by atoms with Gasteiger partial charge in [-0.05, 0) is 23.8 Å². The third-order valence-electron chi connectivity index (χ3n) is 4.37. The molecule has 0 radical (unpaired) electrons. The molecule has 1 amide bonds. The number of anilines is 1. The first-order valence-electron chi connectivity index (χ1n) is 8.67. The van der Waals surface area contributed by atoms with Crippen LogP contribution in [0.25, 0.3) is 22.1 Å². The largest absolute Gasteiger partial charge is 0.497 e. The quantitative estimate of drug-likeness (QED) is 0.545. The number of nitrogens with zero attached hydrogens (tertiary/aromatic N) is 1. The normalized spacial score (nSPS) is 10.6. The Kier molecular flexibility index (Phi) is 4.68. The second-order valence-corrected chi connectivity index (χ2v) is 6.08. The average molecular weight is 374 g/mol. The first kappa shape index (κ1) is 17.6. The molecule has 0 saturated heterocycles. The van der Waals surface area contributed by atoms with Gasteiger partial charge in [0.1, 0.15) is 11.3 Å². The van der Waals surface area contributed by atoms with Gasteiger partial charge in [-0.1, -0.05) is 30.3 Å². The molecule has 2 aromatic heterocycles. The van der Waals surface area contributed by atoms with Gasteiger partial charge >= 0.3 is 0 Å². The second-order valence-electron chi connectivity index (χ2n) is 6.08. The first-order chi connectivity index (χ1) is 13.7. The Morgan fingerprint density at radius 1 is 1.00 bits per heavy atom. The van der Waals surface area contributed by atoms with Crippen LogP contribution in [0.15, 0.2) is 71.3 Å². The van der Waals surface area contributed by atoms with E-state index in [1.165, 1.54) is 13.3 Å². The van der Waals surface area contributed by atoms with Crippen molar-refractivity contribution in [2.45, 2.75) is 0 Å². The van der Waals surface area contributed by atoms with E-state index in [-0.39, 0.29) is 11.7 Å². The molecule has 2 heterocycles. The van der Waals surface area contributed by atoms with Crippen molar-refractivity contribution in [3.63, 3.8) is 0 Å². The molecule has 4 aromatic rings. The number of carbonyl (C=O) groups is 1. The van der Waals surface area contributed by atoms with Crippen LogP contribution in [0.4, 0.5) is 5.69 Å². The molecule has 140 valence electrons. The Hall–Kier alpha value is -3.80. The molecule has 2 aromatic carbocycles. The number of nitrogens with one attached hydrogen (secondary N) is 1. The molecule has 0 atom stereocenters.